The summed E-state index contributed by atoms with van der Waals surface area (Å²) in [5.74, 6) is -1.06. The zero-order valence-corrected chi connectivity index (χ0v) is 8.86. The van der Waals surface area contributed by atoms with Crippen LogP contribution in [0.3, 0.4) is 0 Å². The van der Waals surface area contributed by atoms with E-state index in [1.807, 2.05) is 0 Å². The molecule has 1 aromatic rings. The average Bonchev–Trinajstić information content (AvgIpc) is 2.70. The summed E-state index contributed by atoms with van der Waals surface area (Å²) in [6.45, 7) is 0. The number of urea groups is 1. The Morgan fingerprint density at radius 3 is 2.88 bits per heavy atom. The highest BCUT2D eigenvalue weighted by molar-refractivity contribution is 6.04. The number of carbonyl (C=O) groups excluding carboxylic acids is 2. The van der Waals surface area contributed by atoms with Gasteiger partial charge in [0.2, 0.25) is 0 Å². The van der Waals surface area contributed by atoms with Gasteiger partial charge in [0.1, 0.15) is 17.5 Å². The van der Waals surface area contributed by atoms with Crippen molar-refractivity contribution in [3.63, 3.8) is 0 Å². The van der Waals surface area contributed by atoms with E-state index in [1.54, 1.807) is 0 Å². The summed E-state index contributed by atoms with van der Waals surface area (Å²) in [5, 5.41) is 14.5. The van der Waals surface area contributed by atoms with Crippen LogP contribution >= 0.6 is 0 Å². The Bertz CT molecular complexity index is 504. The fourth-order valence-electron chi connectivity index (χ4n) is 1.75. The van der Waals surface area contributed by atoms with Crippen LogP contribution in [0.25, 0.3) is 0 Å². The highest BCUT2D eigenvalue weighted by atomic mass is 16.4. The third-order valence-electron chi connectivity index (χ3n) is 2.44. The topological polar surface area (TPSA) is 121 Å². The number of hydrazone groups is 1. The molecular formula is C10H10N3O4-. The molecule has 0 bridgehead atoms. The fraction of sp³-hybridized carbons (Fsp3) is 0.300. The van der Waals surface area contributed by atoms with Crippen molar-refractivity contribution >= 4 is 17.7 Å². The van der Waals surface area contributed by atoms with E-state index in [0.29, 0.717) is 29.9 Å². The lowest BCUT2D eigenvalue weighted by molar-refractivity contribution is -0.257. The minimum atomic E-state index is -1.37. The number of furan rings is 1. The number of rotatable bonds is 2. The molecule has 7 nitrogen and oxygen atoms in total. The van der Waals surface area contributed by atoms with Crippen molar-refractivity contribution in [3.8, 4) is 0 Å². The van der Waals surface area contributed by atoms with Crippen molar-refractivity contribution in [3.05, 3.63) is 23.2 Å². The maximum Gasteiger partial charge on any atom is 0.332 e. The van der Waals surface area contributed by atoms with Gasteiger partial charge in [-0.05, 0) is 18.9 Å². The predicted octanol–water partition coefficient (Wildman–Crippen LogP) is -0.648. The highest BCUT2D eigenvalue weighted by Crippen LogP contribution is 2.24. The Morgan fingerprint density at radius 2 is 2.24 bits per heavy atom. The van der Waals surface area contributed by atoms with Gasteiger partial charge in [-0.15, -0.1) is 0 Å². The molecule has 1 aromatic heterocycles. The van der Waals surface area contributed by atoms with Crippen molar-refractivity contribution in [2.45, 2.75) is 19.3 Å². The first-order valence-electron chi connectivity index (χ1n) is 5.04. The monoisotopic (exact) mass is 236 g/mol. The molecule has 1 aliphatic carbocycles. The average molecular weight is 236 g/mol. The first kappa shape index (κ1) is 11.2. The first-order valence-corrected chi connectivity index (χ1v) is 5.04. The molecule has 0 saturated heterocycles. The highest BCUT2D eigenvalue weighted by Gasteiger charge is 2.21. The number of carboxylic acids is 1. The molecule has 0 aliphatic heterocycles. The summed E-state index contributed by atoms with van der Waals surface area (Å²) in [7, 11) is 0. The van der Waals surface area contributed by atoms with Crippen molar-refractivity contribution in [2.24, 2.45) is 10.8 Å². The number of nitrogens with one attached hydrogen (secondary N) is 1. The van der Waals surface area contributed by atoms with Crippen LogP contribution in [0.1, 0.15) is 34.7 Å². The molecule has 17 heavy (non-hydrogen) atoms. The number of amides is 2. The molecule has 7 heteroatoms. The molecule has 2 rings (SSSR count). The lowest BCUT2D eigenvalue weighted by Gasteiger charge is -2.11. The third kappa shape index (κ3) is 2.27. The molecule has 0 atom stereocenters. The van der Waals surface area contributed by atoms with Crippen molar-refractivity contribution in [1.82, 2.24) is 5.43 Å². The van der Waals surface area contributed by atoms with Crippen LogP contribution in [-0.4, -0.2) is 17.7 Å². The maximum atomic E-state index is 10.7. The van der Waals surface area contributed by atoms with E-state index in [4.69, 9.17) is 10.2 Å². The molecule has 1 heterocycles. The lowest BCUT2D eigenvalue weighted by Crippen LogP contribution is -2.26. The summed E-state index contributed by atoms with van der Waals surface area (Å²) in [6.07, 6.45) is 2.03. The van der Waals surface area contributed by atoms with Crippen LogP contribution in [0, 0.1) is 0 Å². The minimum Gasteiger partial charge on any atom is -0.542 e. The Labute approximate surface area is 96.3 Å². The Morgan fingerprint density at radius 1 is 1.47 bits per heavy atom. The van der Waals surface area contributed by atoms with E-state index in [-0.39, 0.29) is 5.76 Å². The number of aryl methyl sites for hydroxylation is 1. The number of primary amides is 1. The van der Waals surface area contributed by atoms with Gasteiger partial charge in [0.15, 0.2) is 0 Å². The smallest absolute Gasteiger partial charge is 0.332 e. The summed E-state index contributed by atoms with van der Waals surface area (Å²) in [6, 6.07) is 0.582. The van der Waals surface area contributed by atoms with Crippen molar-refractivity contribution in [1.29, 1.82) is 0 Å². The van der Waals surface area contributed by atoms with Crippen LogP contribution in [0.4, 0.5) is 4.79 Å². The van der Waals surface area contributed by atoms with E-state index >= 15 is 0 Å². The van der Waals surface area contributed by atoms with E-state index in [2.05, 4.69) is 10.5 Å². The molecule has 1 aliphatic rings. The first-order chi connectivity index (χ1) is 8.08. The number of nitrogens with zero attached hydrogens (tertiary/aromatic N) is 1. The van der Waals surface area contributed by atoms with E-state index < -0.39 is 12.0 Å². The van der Waals surface area contributed by atoms with Crippen molar-refractivity contribution < 1.29 is 19.1 Å². The summed E-state index contributed by atoms with van der Waals surface area (Å²) >= 11 is 0. The molecule has 0 aromatic carbocycles. The number of hydrogen-bond acceptors (Lipinski definition) is 5. The number of aromatic carboxylic acids is 1. The molecule has 3 N–H and O–H groups in total. The molecule has 0 saturated carbocycles. The summed E-state index contributed by atoms with van der Waals surface area (Å²) in [4.78, 5) is 21.2. The number of carbonyl (C=O) groups is 2. The van der Waals surface area contributed by atoms with Gasteiger partial charge < -0.3 is 20.1 Å². The summed E-state index contributed by atoms with van der Waals surface area (Å²) < 4.78 is 5.12. The minimum absolute atomic E-state index is 0.233. The molecule has 2 amide bonds. The van der Waals surface area contributed by atoms with Gasteiger partial charge in [-0.3, -0.25) is 0 Å². The van der Waals surface area contributed by atoms with Gasteiger partial charge in [0, 0.05) is 12.0 Å². The Kier molecular flexibility index (Phi) is 2.82. The molecular weight excluding hydrogens is 226 g/mol. The number of nitrogens with two attached hydrogens (primary N) is 1. The van der Waals surface area contributed by atoms with Gasteiger partial charge in [-0.25, -0.2) is 10.2 Å². The van der Waals surface area contributed by atoms with Gasteiger partial charge >= 0.3 is 6.03 Å². The molecule has 0 unspecified atom stereocenters. The van der Waals surface area contributed by atoms with E-state index in [1.165, 1.54) is 6.07 Å². The van der Waals surface area contributed by atoms with Crippen LogP contribution in [0.15, 0.2) is 15.6 Å². The zero-order chi connectivity index (χ0) is 12.4. The number of hydrogen-bond donors (Lipinski definition) is 2. The zero-order valence-electron chi connectivity index (χ0n) is 8.86. The lowest BCUT2D eigenvalue weighted by atomic mass is 9.96. The van der Waals surface area contributed by atoms with E-state index in [9.17, 15) is 14.7 Å². The van der Waals surface area contributed by atoms with Crippen LogP contribution in [0.2, 0.25) is 0 Å². The SMILES string of the molecule is NC(=O)N/N=C1/CCCc2oc(C(=O)[O-])cc21. The maximum absolute atomic E-state index is 10.7. The van der Waals surface area contributed by atoms with Crippen LogP contribution in [0.5, 0.6) is 0 Å². The van der Waals surface area contributed by atoms with E-state index in [0.717, 1.165) is 6.42 Å². The second kappa shape index (κ2) is 4.28. The Balaban J connectivity index is 2.33. The number of fused-ring (bicyclic) bond motifs is 1. The molecule has 0 radical (unpaired) electrons. The predicted molar refractivity (Wildman–Crippen MR) is 55.2 cm³/mol. The second-order valence-corrected chi connectivity index (χ2v) is 3.62. The summed E-state index contributed by atoms with van der Waals surface area (Å²) in [5.41, 5.74) is 8.16. The molecule has 0 fully saturated rings. The second-order valence-electron chi connectivity index (χ2n) is 3.62. The number of carboxylic acid groups (broad SMARTS) is 1. The van der Waals surface area contributed by atoms with Gasteiger partial charge in [0.05, 0.1) is 5.71 Å². The third-order valence-corrected chi connectivity index (χ3v) is 2.44. The normalized spacial score (nSPS) is 16.6. The fourth-order valence-corrected chi connectivity index (χ4v) is 1.75. The standard InChI is InChI=1S/C10H11N3O4/c11-10(16)13-12-6-2-1-3-7-5(6)4-8(17-7)9(14)15/h4H,1-3H2,(H,14,15)(H3,11,13,16)/p-1/b12-6-. The van der Waals surface area contributed by atoms with Gasteiger partial charge in [-0.2, -0.15) is 5.10 Å². The Hall–Kier alpha value is -2.31. The molecule has 0 spiro atoms. The van der Waals surface area contributed by atoms with Gasteiger partial charge in [-0.1, -0.05) is 0 Å². The largest absolute Gasteiger partial charge is 0.542 e. The van der Waals surface area contributed by atoms with Gasteiger partial charge in [0.25, 0.3) is 0 Å². The quantitative estimate of drug-likeness (QED) is 0.662. The van der Waals surface area contributed by atoms with Crippen LogP contribution < -0.4 is 16.3 Å². The van der Waals surface area contributed by atoms with Crippen molar-refractivity contribution in [2.75, 3.05) is 0 Å². The molecule has 90 valence electrons. The van der Waals surface area contributed by atoms with Crippen LogP contribution in [-0.2, 0) is 6.42 Å².